The van der Waals surface area contributed by atoms with E-state index in [4.69, 9.17) is 4.74 Å². The highest BCUT2D eigenvalue weighted by molar-refractivity contribution is 5.97. The monoisotopic (exact) mass is 522 g/mol. The molecule has 0 spiro atoms. The molecule has 8 nitrogen and oxygen atoms in total. The first-order valence-corrected chi connectivity index (χ1v) is 13.9. The predicted octanol–water partition coefficient (Wildman–Crippen LogP) is 4.13. The number of hydrogen-bond donors (Lipinski definition) is 1. The number of hydrogen-bond acceptors (Lipinski definition) is 6. The third-order valence-corrected chi connectivity index (χ3v) is 7.17. The molecule has 0 bridgehead atoms. The largest absolute Gasteiger partial charge is 0.362 e. The van der Waals surface area contributed by atoms with Crippen LogP contribution in [0.4, 0.5) is 0 Å². The number of amides is 2. The molecule has 1 N–H and O–H groups in total. The smallest absolute Gasteiger partial charge is 0.224 e. The van der Waals surface area contributed by atoms with E-state index in [-0.39, 0.29) is 66.7 Å². The standard InChI is InChI=1S/C29H50N2O6/c1-9-10-11-12-22(32)17-23(20(4)5)28(36)30-24(13-14-26(34)31(7)8)25(33)16-21(15-19(2)3)27(35)29(6)18-37-29/h19-21,23-24H,9-18H2,1-8H3,(H,30,36)/t21-,23+,24+,29-/m1/s1. The molecule has 212 valence electrons. The van der Waals surface area contributed by atoms with E-state index < -0.39 is 23.5 Å². The molecule has 0 aromatic carbocycles. The van der Waals surface area contributed by atoms with Gasteiger partial charge in [0.15, 0.2) is 11.6 Å². The highest BCUT2D eigenvalue weighted by Gasteiger charge is 2.50. The van der Waals surface area contributed by atoms with Gasteiger partial charge in [-0.2, -0.15) is 0 Å². The molecule has 4 atom stereocenters. The Balaban J connectivity index is 3.03. The first kappa shape index (κ1) is 32.9. The normalized spacial score (nSPS) is 19.3. The highest BCUT2D eigenvalue weighted by atomic mass is 16.6. The molecule has 37 heavy (non-hydrogen) atoms. The third-order valence-electron chi connectivity index (χ3n) is 7.17. The summed E-state index contributed by atoms with van der Waals surface area (Å²) in [4.78, 5) is 66.1. The average molecular weight is 523 g/mol. The van der Waals surface area contributed by atoms with E-state index in [9.17, 15) is 24.0 Å². The van der Waals surface area contributed by atoms with Crippen molar-refractivity contribution in [2.45, 2.75) is 111 Å². The van der Waals surface area contributed by atoms with Crippen LogP contribution in [0.1, 0.15) is 99.3 Å². The Morgan fingerprint density at radius 1 is 0.973 bits per heavy atom. The highest BCUT2D eigenvalue weighted by Crippen LogP contribution is 2.34. The zero-order chi connectivity index (χ0) is 28.3. The van der Waals surface area contributed by atoms with Gasteiger partial charge in [0.2, 0.25) is 11.8 Å². The lowest BCUT2D eigenvalue weighted by atomic mass is 9.82. The van der Waals surface area contributed by atoms with E-state index >= 15 is 0 Å². The maximum Gasteiger partial charge on any atom is 0.224 e. The maximum absolute atomic E-state index is 13.5. The van der Waals surface area contributed by atoms with E-state index in [1.807, 2.05) is 27.7 Å². The van der Waals surface area contributed by atoms with Crippen molar-refractivity contribution >= 4 is 29.2 Å². The number of Topliss-reactive ketones (excluding diaryl/α,β-unsaturated/α-hetero) is 3. The van der Waals surface area contributed by atoms with Crippen LogP contribution in [0.2, 0.25) is 0 Å². The molecule has 0 aliphatic carbocycles. The molecule has 0 aromatic heterocycles. The number of ether oxygens (including phenoxy) is 1. The Hall–Kier alpha value is -2.09. The number of unbranched alkanes of at least 4 members (excludes halogenated alkanes) is 2. The molecule has 1 aliphatic rings. The van der Waals surface area contributed by atoms with E-state index in [0.29, 0.717) is 19.4 Å². The van der Waals surface area contributed by atoms with Crippen LogP contribution < -0.4 is 5.32 Å². The lowest BCUT2D eigenvalue weighted by Gasteiger charge is -2.26. The molecule has 0 aromatic rings. The lowest BCUT2D eigenvalue weighted by Crippen LogP contribution is -2.46. The summed E-state index contributed by atoms with van der Waals surface area (Å²) in [5.74, 6) is -1.74. The second-order valence-electron chi connectivity index (χ2n) is 11.8. The van der Waals surface area contributed by atoms with Crippen molar-refractivity contribution in [3.8, 4) is 0 Å². The number of epoxide rings is 1. The predicted molar refractivity (Wildman–Crippen MR) is 144 cm³/mol. The Morgan fingerprint density at radius 3 is 2.08 bits per heavy atom. The molecule has 8 heteroatoms. The summed E-state index contributed by atoms with van der Waals surface area (Å²) in [6.07, 6.45) is 4.15. The number of nitrogens with one attached hydrogen (secondary N) is 1. The zero-order valence-electron chi connectivity index (χ0n) is 24.4. The van der Waals surface area contributed by atoms with Crippen molar-refractivity contribution in [1.82, 2.24) is 10.2 Å². The summed E-state index contributed by atoms with van der Waals surface area (Å²) >= 11 is 0. The van der Waals surface area contributed by atoms with Gasteiger partial charge in [0.05, 0.1) is 12.6 Å². The molecule has 1 rings (SSSR count). The van der Waals surface area contributed by atoms with Gasteiger partial charge in [-0.05, 0) is 38.0 Å². The minimum absolute atomic E-state index is 0.0145. The molecule has 1 aliphatic heterocycles. The third kappa shape index (κ3) is 11.5. The van der Waals surface area contributed by atoms with Crippen LogP contribution in [0, 0.1) is 23.7 Å². The van der Waals surface area contributed by atoms with Crippen LogP contribution in [-0.2, 0) is 28.7 Å². The van der Waals surface area contributed by atoms with Crippen LogP contribution in [0.3, 0.4) is 0 Å². The van der Waals surface area contributed by atoms with E-state index in [1.54, 1.807) is 21.0 Å². The Morgan fingerprint density at radius 2 is 1.59 bits per heavy atom. The van der Waals surface area contributed by atoms with Gasteiger partial charge in [-0.15, -0.1) is 0 Å². The number of nitrogens with zero attached hydrogens (tertiary/aromatic N) is 1. The first-order chi connectivity index (χ1) is 17.2. The topological polar surface area (TPSA) is 113 Å². The van der Waals surface area contributed by atoms with Crippen molar-refractivity contribution in [2.24, 2.45) is 23.7 Å². The molecule has 1 fully saturated rings. The van der Waals surface area contributed by atoms with Crippen molar-refractivity contribution in [2.75, 3.05) is 20.7 Å². The minimum Gasteiger partial charge on any atom is -0.362 e. The maximum atomic E-state index is 13.5. The SMILES string of the molecule is CCCCCC(=O)C[C@H](C(=O)N[C@@H](CCC(=O)N(C)C)C(=O)C[C@@H](CC(C)C)C(=O)[C@@]1(C)CO1)C(C)C. The van der Waals surface area contributed by atoms with Crippen molar-refractivity contribution in [1.29, 1.82) is 0 Å². The second-order valence-corrected chi connectivity index (χ2v) is 11.8. The molecule has 0 saturated carbocycles. The fourth-order valence-electron chi connectivity index (χ4n) is 4.55. The van der Waals surface area contributed by atoms with Crippen molar-refractivity contribution in [3.05, 3.63) is 0 Å². The van der Waals surface area contributed by atoms with E-state index in [2.05, 4.69) is 12.2 Å². The average Bonchev–Trinajstić information content (AvgIpc) is 3.56. The molecule has 2 amide bonds. The Kier molecular flexibility index (Phi) is 13.7. The number of ketones is 3. The minimum atomic E-state index is -0.900. The summed E-state index contributed by atoms with van der Waals surface area (Å²) in [6.45, 7) is 12.0. The van der Waals surface area contributed by atoms with Gasteiger partial charge in [-0.25, -0.2) is 0 Å². The molecule has 1 heterocycles. The van der Waals surface area contributed by atoms with Crippen LogP contribution in [0.25, 0.3) is 0 Å². The van der Waals surface area contributed by atoms with Gasteiger partial charge in [-0.3, -0.25) is 24.0 Å². The molecule has 0 unspecified atom stereocenters. The summed E-state index contributed by atoms with van der Waals surface area (Å²) in [6, 6.07) is -0.900. The molecular weight excluding hydrogens is 472 g/mol. The van der Waals surface area contributed by atoms with Crippen LogP contribution in [0.5, 0.6) is 0 Å². The Labute approximate surface area is 223 Å². The van der Waals surface area contributed by atoms with Crippen molar-refractivity contribution < 1.29 is 28.7 Å². The summed E-state index contributed by atoms with van der Waals surface area (Å²) in [5, 5.41) is 2.86. The van der Waals surface area contributed by atoms with Gasteiger partial charge in [-0.1, -0.05) is 47.5 Å². The van der Waals surface area contributed by atoms with Crippen molar-refractivity contribution in [3.63, 3.8) is 0 Å². The fraction of sp³-hybridized carbons (Fsp3) is 0.828. The number of carbonyl (C=O) groups excluding carboxylic acids is 5. The van der Waals surface area contributed by atoms with Gasteiger partial charge >= 0.3 is 0 Å². The molecule has 0 radical (unpaired) electrons. The summed E-state index contributed by atoms with van der Waals surface area (Å²) in [5.41, 5.74) is -0.833. The number of rotatable bonds is 19. The van der Waals surface area contributed by atoms with Gasteiger partial charge in [0.25, 0.3) is 0 Å². The first-order valence-electron chi connectivity index (χ1n) is 13.9. The van der Waals surface area contributed by atoms with Crippen LogP contribution in [0.15, 0.2) is 0 Å². The van der Waals surface area contributed by atoms with Gasteiger partial charge < -0.3 is 15.0 Å². The fourth-order valence-corrected chi connectivity index (χ4v) is 4.55. The molecular formula is C29H50N2O6. The molecule has 1 saturated heterocycles. The van der Waals surface area contributed by atoms with E-state index in [0.717, 1.165) is 19.3 Å². The quantitative estimate of drug-likeness (QED) is 0.202. The summed E-state index contributed by atoms with van der Waals surface area (Å²) in [7, 11) is 3.29. The van der Waals surface area contributed by atoms with E-state index in [1.165, 1.54) is 4.90 Å². The Bertz CT molecular complexity index is 800. The zero-order valence-corrected chi connectivity index (χ0v) is 24.4. The van der Waals surface area contributed by atoms with Crippen LogP contribution >= 0.6 is 0 Å². The second kappa shape index (κ2) is 15.4. The van der Waals surface area contributed by atoms with Gasteiger partial charge in [0.1, 0.15) is 11.4 Å². The number of carbonyl (C=O) groups is 5. The van der Waals surface area contributed by atoms with Gasteiger partial charge in [0, 0.05) is 51.6 Å². The van der Waals surface area contributed by atoms with Crippen LogP contribution in [-0.4, -0.2) is 66.4 Å². The lowest BCUT2D eigenvalue weighted by molar-refractivity contribution is -0.136. The summed E-state index contributed by atoms with van der Waals surface area (Å²) < 4.78 is 5.35.